The van der Waals surface area contributed by atoms with Gasteiger partial charge in [0.15, 0.2) is 5.82 Å². The van der Waals surface area contributed by atoms with Gasteiger partial charge in [-0.15, -0.1) is 0 Å². The highest BCUT2D eigenvalue weighted by Gasteiger charge is 2.57. The van der Waals surface area contributed by atoms with Crippen LogP contribution in [0, 0.1) is 5.41 Å². The molecule has 2 fully saturated rings. The van der Waals surface area contributed by atoms with Crippen molar-refractivity contribution in [1.29, 1.82) is 0 Å². The average Bonchev–Trinajstić information content (AvgIpc) is 3.22. The fraction of sp³-hybridized carbons (Fsp3) is 0.440. The summed E-state index contributed by atoms with van der Waals surface area (Å²) in [5.74, 6) is 1.06. The average molecular weight is 467 g/mol. The zero-order valence-corrected chi connectivity index (χ0v) is 20.0. The van der Waals surface area contributed by atoms with Crippen LogP contribution in [0.15, 0.2) is 64.0 Å². The topological polar surface area (TPSA) is 79.5 Å². The second-order valence-electron chi connectivity index (χ2n) is 9.55. The fourth-order valence-electron chi connectivity index (χ4n) is 4.67. The van der Waals surface area contributed by atoms with Crippen LogP contribution in [0.25, 0.3) is 0 Å². The van der Waals surface area contributed by atoms with E-state index in [1.165, 1.54) is 5.56 Å². The Bertz CT molecular complexity index is 1200. The van der Waals surface area contributed by atoms with Crippen molar-refractivity contribution < 1.29 is 12.9 Å². The van der Waals surface area contributed by atoms with Gasteiger partial charge in [-0.3, -0.25) is 0 Å². The fourth-order valence-corrected chi connectivity index (χ4v) is 6.36. The molecule has 1 saturated carbocycles. The van der Waals surface area contributed by atoms with Gasteiger partial charge in [-0.05, 0) is 67.3 Å². The minimum absolute atomic E-state index is 0.0588. The quantitative estimate of drug-likeness (QED) is 0.494. The lowest BCUT2D eigenvalue weighted by Crippen LogP contribution is -2.31. The van der Waals surface area contributed by atoms with E-state index in [-0.39, 0.29) is 5.41 Å². The molecule has 2 aliphatic rings. The van der Waals surface area contributed by atoms with Crippen LogP contribution in [-0.4, -0.2) is 43.5 Å². The van der Waals surface area contributed by atoms with Crippen LogP contribution >= 0.6 is 0 Å². The van der Waals surface area contributed by atoms with Crippen molar-refractivity contribution in [2.75, 3.05) is 25.5 Å². The Morgan fingerprint density at radius 3 is 2.45 bits per heavy atom. The van der Waals surface area contributed by atoms with E-state index in [1.807, 2.05) is 49.3 Å². The molecule has 33 heavy (non-hydrogen) atoms. The maximum absolute atomic E-state index is 13.6. The smallest absolute Gasteiger partial charge is 0.245 e. The van der Waals surface area contributed by atoms with E-state index in [1.54, 1.807) is 16.4 Å². The Balaban J connectivity index is 1.33. The molecule has 2 aromatic carbocycles. The molecule has 0 unspecified atom stereocenters. The van der Waals surface area contributed by atoms with E-state index in [4.69, 9.17) is 4.52 Å². The predicted octanol–water partition coefficient (Wildman–Crippen LogP) is 4.23. The number of sulfonamides is 1. The standard InChI is InChI=1S/C25H30N4O3S/c1-28(2)20-11-13-21(14-12-20)33(30,31)29-18-25(15-16-25)17-22(29)24-26-23(27-32-24)10-6-9-19-7-4-3-5-8-19/h3-5,7-8,11-14,22H,6,9-10,15-18H2,1-2H3/t22-/m0/s1. The second kappa shape index (κ2) is 8.57. The first-order valence-corrected chi connectivity index (χ1v) is 13.0. The van der Waals surface area contributed by atoms with Gasteiger partial charge in [-0.2, -0.15) is 9.29 Å². The molecule has 1 aliphatic carbocycles. The molecule has 174 valence electrons. The summed E-state index contributed by atoms with van der Waals surface area (Å²) in [6.45, 7) is 0.515. The van der Waals surface area contributed by atoms with Gasteiger partial charge in [0.1, 0.15) is 6.04 Å². The van der Waals surface area contributed by atoms with Crippen molar-refractivity contribution in [3.8, 4) is 0 Å². The van der Waals surface area contributed by atoms with Crippen molar-refractivity contribution in [3.05, 3.63) is 71.9 Å². The van der Waals surface area contributed by atoms with Crippen molar-refractivity contribution in [2.24, 2.45) is 5.41 Å². The zero-order chi connectivity index (χ0) is 23.1. The van der Waals surface area contributed by atoms with Gasteiger partial charge in [0, 0.05) is 32.7 Å². The van der Waals surface area contributed by atoms with Gasteiger partial charge in [-0.25, -0.2) is 8.42 Å². The molecule has 2 heterocycles. The number of aromatic nitrogens is 2. The number of hydrogen-bond donors (Lipinski definition) is 0. The monoisotopic (exact) mass is 466 g/mol. The maximum atomic E-state index is 13.6. The van der Waals surface area contributed by atoms with Crippen LogP contribution in [0.1, 0.15) is 49.0 Å². The Morgan fingerprint density at radius 2 is 1.79 bits per heavy atom. The molecule has 1 aliphatic heterocycles. The summed E-state index contributed by atoms with van der Waals surface area (Å²) in [5, 5.41) is 4.17. The first-order chi connectivity index (χ1) is 15.9. The third kappa shape index (κ3) is 4.54. The Hall–Kier alpha value is -2.71. The predicted molar refractivity (Wildman–Crippen MR) is 126 cm³/mol. The summed E-state index contributed by atoms with van der Waals surface area (Å²) in [6.07, 6.45) is 5.40. The van der Waals surface area contributed by atoms with E-state index >= 15 is 0 Å². The third-order valence-electron chi connectivity index (χ3n) is 6.86. The molecular weight excluding hydrogens is 436 g/mol. The van der Waals surface area contributed by atoms with Crippen LogP contribution < -0.4 is 4.90 Å². The van der Waals surface area contributed by atoms with Crippen molar-refractivity contribution in [2.45, 2.75) is 49.5 Å². The largest absolute Gasteiger partial charge is 0.378 e. The molecule has 1 aromatic heterocycles. The van der Waals surface area contributed by atoms with Crippen molar-refractivity contribution >= 4 is 15.7 Å². The van der Waals surface area contributed by atoms with Gasteiger partial charge >= 0.3 is 0 Å². The van der Waals surface area contributed by atoms with Gasteiger partial charge < -0.3 is 9.42 Å². The van der Waals surface area contributed by atoms with Gasteiger partial charge in [-0.1, -0.05) is 35.5 Å². The molecule has 3 aromatic rings. The molecule has 7 nitrogen and oxygen atoms in total. The van der Waals surface area contributed by atoms with Crippen molar-refractivity contribution in [3.63, 3.8) is 0 Å². The summed E-state index contributed by atoms with van der Waals surface area (Å²) in [7, 11) is 0.203. The summed E-state index contributed by atoms with van der Waals surface area (Å²) in [5.41, 5.74) is 2.30. The van der Waals surface area contributed by atoms with Gasteiger partial charge in [0.25, 0.3) is 0 Å². The number of hydrogen-bond acceptors (Lipinski definition) is 6. The maximum Gasteiger partial charge on any atom is 0.245 e. The Morgan fingerprint density at radius 1 is 1.06 bits per heavy atom. The Kier molecular flexibility index (Phi) is 5.74. The molecule has 1 saturated heterocycles. The molecule has 1 atom stereocenters. The minimum Gasteiger partial charge on any atom is -0.378 e. The molecule has 0 bridgehead atoms. The van der Waals surface area contributed by atoms with Crippen LogP contribution in [0.4, 0.5) is 5.69 Å². The van der Waals surface area contributed by atoms with Crippen LogP contribution in [-0.2, 0) is 22.9 Å². The van der Waals surface area contributed by atoms with Crippen LogP contribution in [0.5, 0.6) is 0 Å². The van der Waals surface area contributed by atoms with E-state index < -0.39 is 16.1 Å². The second-order valence-corrected chi connectivity index (χ2v) is 11.4. The molecule has 0 radical (unpaired) electrons. The lowest BCUT2D eigenvalue weighted by Gasteiger charge is -2.22. The number of nitrogens with zero attached hydrogens (tertiary/aromatic N) is 4. The summed E-state index contributed by atoms with van der Waals surface area (Å²) < 4.78 is 34.3. The normalized spacial score (nSPS) is 19.8. The molecular formula is C25H30N4O3S. The highest BCUT2D eigenvalue weighted by Crippen LogP contribution is 2.59. The lowest BCUT2D eigenvalue weighted by molar-refractivity contribution is 0.289. The zero-order valence-electron chi connectivity index (χ0n) is 19.1. The highest BCUT2D eigenvalue weighted by atomic mass is 32.2. The van der Waals surface area contributed by atoms with Crippen molar-refractivity contribution in [1.82, 2.24) is 14.4 Å². The van der Waals surface area contributed by atoms with E-state index in [0.717, 1.165) is 37.8 Å². The summed E-state index contributed by atoms with van der Waals surface area (Å²) in [6, 6.07) is 17.0. The van der Waals surface area contributed by atoms with Gasteiger partial charge in [0.05, 0.1) is 4.90 Å². The van der Waals surface area contributed by atoms with Gasteiger partial charge in [0.2, 0.25) is 15.9 Å². The minimum atomic E-state index is -3.67. The van der Waals surface area contributed by atoms with Crippen LogP contribution in [0.3, 0.4) is 0 Å². The molecule has 5 rings (SSSR count). The highest BCUT2D eigenvalue weighted by molar-refractivity contribution is 7.89. The summed E-state index contributed by atoms with van der Waals surface area (Å²) >= 11 is 0. The Labute approximate surface area is 195 Å². The van der Waals surface area contributed by atoms with E-state index in [0.29, 0.717) is 29.6 Å². The SMILES string of the molecule is CN(C)c1ccc(S(=O)(=O)N2CC3(CC3)C[C@H]2c2nc(CCCc3ccccc3)no2)cc1. The van der Waals surface area contributed by atoms with E-state index in [2.05, 4.69) is 22.3 Å². The first-order valence-electron chi connectivity index (χ1n) is 11.5. The number of benzene rings is 2. The number of aryl methyl sites for hydroxylation is 2. The van der Waals surface area contributed by atoms with E-state index in [9.17, 15) is 8.42 Å². The molecule has 8 heteroatoms. The number of anilines is 1. The number of rotatable bonds is 8. The molecule has 0 N–H and O–H groups in total. The van der Waals surface area contributed by atoms with Crippen LogP contribution in [0.2, 0.25) is 0 Å². The summed E-state index contributed by atoms with van der Waals surface area (Å²) in [4.78, 5) is 6.88. The lowest BCUT2D eigenvalue weighted by atomic mass is 10.0. The molecule has 0 amide bonds. The molecule has 1 spiro atoms. The third-order valence-corrected chi connectivity index (χ3v) is 8.73. The first kappa shape index (κ1) is 22.1.